The fourth-order valence-corrected chi connectivity index (χ4v) is 5.15. The van der Waals surface area contributed by atoms with E-state index in [1.807, 2.05) is 16.8 Å². The Morgan fingerprint density at radius 1 is 1.19 bits per heavy atom. The van der Waals surface area contributed by atoms with Crippen LogP contribution in [-0.2, 0) is 23.9 Å². The van der Waals surface area contributed by atoms with Crippen LogP contribution in [0.5, 0.6) is 0 Å². The van der Waals surface area contributed by atoms with Crippen molar-refractivity contribution in [1.29, 1.82) is 0 Å². The number of allylic oxidation sites excluding steroid dienone is 1. The molecular formula is C28H31N7O. The summed E-state index contributed by atoms with van der Waals surface area (Å²) in [5, 5.41) is 7.53. The number of pyridine rings is 1. The predicted octanol–water partition coefficient (Wildman–Crippen LogP) is 4.34. The van der Waals surface area contributed by atoms with Crippen LogP contribution in [0.2, 0.25) is 0 Å². The Hall–Kier alpha value is -3.78. The van der Waals surface area contributed by atoms with E-state index in [9.17, 15) is 4.79 Å². The highest BCUT2D eigenvalue weighted by atomic mass is 16.1. The van der Waals surface area contributed by atoms with Gasteiger partial charge < -0.3 is 10.6 Å². The van der Waals surface area contributed by atoms with E-state index >= 15 is 0 Å². The van der Waals surface area contributed by atoms with E-state index in [0.29, 0.717) is 23.5 Å². The van der Waals surface area contributed by atoms with E-state index < -0.39 is 0 Å². The smallest absolute Gasteiger partial charge is 0.278 e. The molecule has 4 aromatic rings. The topological polar surface area (TPSA) is 89.7 Å². The lowest BCUT2D eigenvalue weighted by Gasteiger charge is -2.27. The number of rotatable bonds is 5. The quantitative estimate of drug-likeness (QED) is 0.412. The van der Waals surface area contributed by atoms with E-state index in [4.69, 9.17) is 4.98 Å². The minimum absolute atomic E-state index is 0.134. The lowest BCUT2D eigenvalue weighted by atomic mass is 9.91. The zero-order valence-electron chi connectivity index (χ0n) is 21.0. The number of benzene rings is 1. The molecule has 2 N–H and O–H groups in total. The standard InChI is InChI=1S/C28H31N7O/c1-5-14-34-25(36)21-17-30-26(32-19-7-6-18-8-13-31-28(10-11-28)22(18)15-19)33-24(21)35(34)20-9-12-29-23(16-20)27(2,3)4/h5-7,9,12,15-17,31H,1,8,10-11,13-14H2,2-4H3,(H,30,32,33). The van der Waals surface area contributed by atoms with Gasteiger partial charge in [0.1, 0.15) is 5.39 Å². The third kappa shape index (κ3) is 3.73. The molecular weight excluding hydrogens is 450 g/mol. The molecule has 0 bridgehead atoms. The second-order valence-corrected chi connectivity index (χ2v) is 10.8. The van der Waals surface area contributed by atoms with Crippen LogP contribution < -0.4 is 16.2 Å². The molecule has 0 unspecified atom stereocenters. The normalized spacial score (nSPS) is 16.2. The van der Waals surface area contributed by atoms with Crippen LogP contribution in [0.3, 0.4) is 0 Å². The minimum Gasteiger partial charge on any atom is -0.324 e. The lowest BCUT2D eigenvalue weighted by Crippen LogP contribution is -2.36. The van der Waals surface area contributed by atoms with Crippen molar-refractivity contribution in [2.45, 2.75) is 57.5 Å². The van der Waals surface area contributed by atoms with Crippen LogP contribution in [0.15, 0.2) is 60.2 Å². The summed E-state index contributed by atoms with van der Waals surface area (Å²) in [7, 11) is 0. The van der Waals surface area contributed by atoms with Crippen LogP contribution in [0, 0.1) is 0 Å². The van der Waals surface area contributed by atoms with Crippen molar-refractivity contribution in [3.8, 4) is 5.69 Å². The van der Waals surface area contributed by atoms with Gasteiger partial charge in [0.2, 0.25) is 5.95 Å². The highest BCUT2D eigenvalue weighted by Crippen LogP contribution is 2.49. The van der Waals surface area contributed by atoms with Crippen molar-refractivity contribution in [2.75, 3.05) is 11.9 Å². The monoisotopic (exact) mass is 481 g/mol. The number of nitrogens with zero attached hydrogens (tertiary/aromatic N) is 5. The summed E-state index contributed by atoms with van der Waals surface area (Å²) < 4.78 is 3.48. The van der Waals surface area contributed by atoms with Crippen LogP contribution in [-0.4, -0.2) is 30.9 Å². The Balaban J connectivity index is 1.45. The Kier molecular flexibility index (Phi) is 5.12. The zero-order chi connectivity index (χ0) is 25.1. The molecule has 8 nitrogen and oxygen atoms in total. The van der Waals surface area contributed by atoms with E-state index in [0.717, 1.165) is 30.0 Å². The molecule has 0 amide bonds. The Morgan fingerprint density at radius 3 is 2.78 bits per heavy atom. The first-order chi connectivity index (χ1) is 17.3. The molecule has 0 atom stereocenters. The predicted molar refractivity (Wildman–Crippen MR) is 142 cm³/mol. The molecule has 184 valence electrons. The summed E-state index contributed by atoms with van der Waals surface area (Å²) in [5.41, 5.74) is 5.89. The summed E-state index contributed by atoms with van der Waals surface area (Å²) in [5.74, 6) is 0.450. The van der Waals surface area contributed by atoms with Crippen LogP contribution in [0.25, 0.3) is 16.7 Å². The van der Waals surface area contributed by atoms with E-state index in [2.05, 4.69) is 66.2 Å². The largest absolute Gasteiger partial charge is 0.324 e. The number of hydrogen-bond donors (Lipinski definition) is 2. The molecule has 4 heterocycles. The second kappa shape index (κ2) is 8.13. The zero-order valence-corrected chi connectivity index (χ0v) is 21.0. The van der Waals surface area contributed by atoms with Crippen molar-refractivity contribution in [3.63, 3.8) is 0 Å². The van der Waals surface area contributed by atoms with Gasteiger partial charge in [-0.1, -0.05) is 32.9 Å². The van der Waals surface area contributed by atoms with Crippen LogP contribution >= 0.6 is 0 Å². The number of aromatic nitrogens is 5. The first kappa shape index (κ1) is 22.7. The molecule has 1 aromatic carbocycles. The molecule has 3 aromatic heterocycles. The van der Waals surface area contributed by atoms with Gasteiger partial charge >= 0.3 is 0 Å². The third-order valence-electron chi connectivity index (χ3n) is 7.22. The van der Waals surface area contributed by atoms with Gasteiger partial charge in [0.05, 0.1) is 12.2 Å². The fraction of sp³-hybridized carbons (Fsp3) is 0.357. The first-order valence-electron chi connectivity index (χ1n) is 12.5. The molecule has 8 heteroatoms. The van der Waals surface area contributed by atoms with E-state index in [-0.39, 0.29) is 16.5 Å². The average molecular weight is 482 g/mol. The lowest BCUT2D eigenvalue weighted by molar-refractivity contribution is 0.490. The Labute approximate surface area is 210 Å². The molecule has 1 spiro atoms. The van der Waals surface area contributed by atoms with Crippen molar-refractivity contribution >= 4 is 22.7 Å². The maximum atomic E-state index is 13.3. The molecule has 1 fully saturated rings. The van der Waals surface area contributed by atoms with E-state index in [1.54, 1.807) is 23.2 Å². The average Bonchev–Trinajstić information content (AvgIpc) is 3.58. The van der Waals surface area contributed by atoms with Gasteiger partial charge in [0.25, 0.3) is 5.56 Å². The molecule has 36 heavy (non-hydrogen) atoms. The summed E-state index contributed by atoms with van der Waals surface area (Å²) in [6.07, 6.45) is 8.50. The van der Waals surface area contributed by atoms with Gasteiger partial charge in [0.15, 0.2) is 5.65 Å². The summed E-state index contributed by atoms with van der Waals surface area (Å²) >= 11 is 0. The maximum Gasteiger partial charge on any atom is 0.278 e. The van der Waals surface area contributed by atoms with Gasteiger partial charge in [-0.25, -0.2) is 14.3 Å². The molecule has 1 aliphatic heterocycles. The highest BCUT2D eigenvalue weighted by Gasteiger charge is 2.46. The maximum absolute atomic E-state index is 13.3. The van der Waals surface area contributed by atoms with Crippen molar-refractivity contribution in [2.24, 2.45) is 0 Å². The Morgan fingerprint density at radius 2 is 2.03 bits per heavy atom. The number of hydrogen-bond acceptors (Lipinski definition) is 6. The van der Waals surface area contributed by atoms with Crippen molar-refractivity contribution < 1.29 is 0 Å². The SMILES string of the molecule is C=CCn1c(=O)c2cnc(Nc3ccc4c(c3)C3(CC3)NCC4)nc2n1-c1ccnc(C(C)(C)C)c1. The number of anilines is 2. The molecule has 0 saturated heterocycles. The number of fused-ring (bicyclic) bond motifs is 3. The molecule has 6 rings (SSSR count). The number of nitrogens with one attached hydrogen (secondary N) is 2. The summed E-state index contributed by atoms with van der Waals surface area (Å²) in [6, 6.07) is 10.4. The van der Waals surface area contributed by atoms with Gasteiger partial charge in [-0.15, -0.1) is 6.58 Å². The summed E-state index contributed by atoms with van der Waals surface area (Å²) in [4.78, 5) is 27.1. The van der Waals surface area contributed by atoms with E-state index in [1.165, 1.54) is 24.0 Å². The fourth-order valence-electron chi connectivity index (χ4n) is 5.15. The van der Waals surface area contributed by atoms with Gasteiger partial charge in [-0.3, -0.25) is 9.78 Å². The van der Waals surface area contributed by atoms with Gasteiger partial charge in [-0.2, -0.15) is 4.98 Å². The Bertz CT molecular complexity index is 1550. The molecule has 1 saturated carbocycles. The van der Waals surface area contributed by atoms with Crippen LogP contribution in [0.4, 0.5) is 11.6 Å². The van der Waals surface area contributed by atoms with Gasteiger partial charge in [0, 0.05) is 41.3 Å². The highest BCUT2D eigenvalue weighted by molar-refractivity contribution is 5.77. The summed E-state index contributed by atoms with van der Waals surface area (Å²) in [6.45, 7) is 11.6. The first-order valence-corrected chi connectivity index (χ1v) is 12.5. The molecule has 1 aliphatic carbocycles. The third-order valence-corrected chi connectivity index (χ3v) is 7.22. The van der Waals surface area contributed by atoms with Crippen molar-refractivity contribution in [1.82, 2.24) is 29.6 Å². The molecule has 0 radical (unpaired) electrons. The van der Waals surface area contributed by atoms with Crippen LogP contribution in [0.1, 0.15) is 50.4 Å². The van der Waals surface area contributed by atoms with Gasteiger partial charge in [-0.05, 0) is 54.7 Å². The minimum atomic E-state index is -0.152. The second-order valence-electron chi connectivity index (χ2n) is 10.8. The molecule has 2 aliphatic rings. The van der Waals surface area contributed by atoms with Crippen molar-refractivity contribution in [3.05, 3.63) is 82.6 Å².